The molecule has 2 fully saturated rings. The number of rotatable bonds is 8. The summed E-state index contributed by atoms with van der Waals surface area (Å²) in [7, 11) is 0. The lowest BCUT2D eigenvalue weighted by Crippen LogP contribution is -2.47. The molecule has 3 heterocycles. The second-order valence-electron chi connectivity index (χ2n) is 9.02. The molecule has 1 atom stereocenters. The molecular formula is C25H29FN4O3S. The number of thiophene rings is 1. The van der Waals surface area contributed by atoms with Gasteiger partial charge < -0.3 is 9.64 Å². The second-order valence-corrected chi connectivity index (χ2v) is 9.97. The maximum Gasteiger partial charge on any atom is 0.262 e. The quantitative estimate of drug-likeness (QED) is 0.578. The number of nitrogens with zero attached hydrogens (tertiary/aromatic N) is 4. The van der Waals surface area contributed by atoms with Crippen molar-refractivity contribution in [3.05, 3.63) is 58.0 Å². The Kier molecular flexibility index (Phi) is 7.03. The number of amides is 2. The van der Waals surface area contributed by atoms with Gasteiger partial charge in [0.05, 0.1) is 29.8 Å². The molecule has 34 heavy (non-hydrogen) atoms. The van der Waals surface area contributed by atoms with Crippen molar-refractivity contribution in [2.75, 3.05) is 45.9 Å². The molecule has 180 valence electrons. The highest BCUT2D eigenvalue weighted by molar-refractivity contribution is 7.12. The fourth-order valence-electron chi connectivity index (χ4n) is 4.45. The lowest BCUT2D eigenvalue weighted by molar-refractivity contribution is -0.142. The summed E-state index contributed by atoms with van der Waals surface area (Å²) in [6.07, 6.45) is 2.34. The van der Waals surface area contributed by atoms with Crippen molar-refractivity contribution < 1.29 is 18.7 Å². The first-order chi connectivity index (χ1) is 16.6. The summed E-state index contributed by atoms with van der Waals surface area (Å²) in [6, 6.07) is 9.87. The fourth-order valence-corrected chi connectivity index (χ4v) is 5.18. The summed E-state index contributed by atoms with van der Waals surface area (Å²) < 4.78 is 19.0. The van der Waals surface area contributed by atoms with E-state index in [4.69, 9.17) is 4.74 Å². The van der Waals surface area contributed by atoms with E-state index < -0.39 is 0 Å². The summed E-state index contributed by atoms with van der Waals surface area (Å²) in [6.45, 7) is 4.31. The lowest BCUT2D eigenvalue weighted by Gasteiger charge is -2.31. The van der Waals surface area contributed by atoms with Crippen molar-refractivity contribution in [1.29, 1.82) is 0 Å². The van der Waals surface area contributed by atoms with Crippen LogP contribution in [-0.2, 0) is 14.3 Å². The zero-order valence-corrected chi connectivity index (χ0v) is 19.9. The predicted octanol–water partition coefficient (Wildman–Crippen LogP) is 3.14. The van der Waals surface area contributed by atoms with Crippen LogP contribution < -0.4 is 0 Å². The number of carbonyl (C=O) groups excluding carboxylic acids is 2. The molecule has 3 aliphatic rings. The first-order valence-electron chi connectivity index (χ1n) is 11.9. The van der Waals surface area contributed by atoms with E-state index in [1.54, 1.807) is 28.4 Å². The van der Waals surface area contributed by atoms with E-state index in [9.17, 15) is 14.0 Å². The van der Waals surface area contributed by atoms with E-state index in [0.717, 1.165) is 48.6 Å². The number of benzene rings is 1. The van der Waals surface area contributed by atoms with Crippen LogP contribution in [0.5, 0.6) is 0 Å². The number of hydrazone groups is 1. The fraction of sp³-hybridized carbons (Fsp3) is 0.480. The number of carbonyl (C=O) groups is 2. The van der Waals surface area contributed by atoms with Gasteiger partial charge in [-0.1, -0.05) is 18.2 Å². The Balaban J connectivity index is 1.33. The molecule has 0 unspecified atom stereocenters. The van der Waals surface area contributed by atoms with Gasteiger partial charge in [-0.05, 0) is 42.0 Å². The average molecular weight is 485 g/mol. The zero-order valence-electron chi connectivity index (χ0n) is 19.1. The van der Waals surface area contributed by atoms with E-state index >= 15 is 0 Å². The standard InChI is InChI=1S/C25H29FN4O3S/c26-20-7-5-18(6-8-20)22-16-21(23-2-1-15-34-23)27-30(22)24(31)17-29(25(32)19-3-4-19)10-9-28-11-13-33-14-12-28/h1-2,5-8,15,19,22H,3-4,9-14,16-17H2/t22-/m0/s1. The van der Waals surface area contributed by atoms with Crippen molar-refractivity contribution in [2.45, 2.75) is 25.3 Å². The van der Waals surface area contributed by atoms with Gasteiger partial charge in [0.1, 0.15) is 12.4 Å². The molecule has 0 N–H and O–H groups in total. The van der Waals surface area contributed by atoms with Gasteiger partial charge in [-0.15, -0.1) is 11.3 Å². The molecule has 0 radical (unpaired) electrons. The van der Waals surface area contributed by atoms with Gasteiger partial charge in [-0.3, -0.25) is 14.5 Å². The minimum atomic E-state index is -0.317. The largest absolute Gasteiger partial charge is 0.379 e. The first-order valence-corrected chi connectivity index (χ1v) is 12.7. The van der Waals surface area contributed by atoms with Crippen LogP contribution in [0.3, 0.4) is 0 Å². The third kappa shape index (κ3) is 5.37. The highest BCUT2D eigenvalue weighted by Gasteiger charge is 2.38. The van der Waals surface area contributed by atoms with E-state index in [1.165, 1.54) is 17.1 Å². The zero-order chi connectivity index (χ0) is 23.5. The summed E-state index contributed by atoms with van der Waals surface area (Å²) >= 11 is 1.58. The molecule has 9 heteroatoms. The minimum Gasteiger partial charge on any atom is -0.379 e. The number of halogens is 1. The average Bonchev–Trinajstić information content (AvgIpc) is 3.37. The molecular weight excluding hydrogens is 455 g/mol. The van der Waals surface area contributed by atoms with Crippen LogP contribution in [0.25, 0.3) is 0 Å². The van der Waals surface area contributed by atoms with Gasteiger partial charge in [-0.2, -0.15) is 5.10 Å². The minimum absolute atomic E-state index is 0.00140. The molecule has 1 aromatic carbocycles. The monoisotopic (exact) mass is 484 g/mol. The first kappa shape index (κ1) is 23.1. The maximum atomic E-state index is 13.5. The molecule has 5 rings (SSSR count). The smallest absolute Gasteiger partial charge is 0.262 e. The van der Waals surface area contributed by atoms with Gasteiger partial charge in [-0.25, -0.2) is 9.40 Å². The van der Waals surface area contributed by atoms with Crippen LogP contribution in [0.4, 0.5) is 4.39 Å². The van der Waals surface area contributed by atoms with Gasteiger partial charge in [0.2, 0.25) is 5.91 Å². The SMILES string of the molecule is O=C(C1CC1)N(CCN1CCOCC1)CC(=O)N1N=C(c2cccs2)C[C@H]1c1ccc(F)cc1. The van der Waals surface area contributed by atoms with Crippen LogP contribution in [0.15, 0.2) is 46.9 Å². The summed E-state index contributed by atoms with van der Waals surface area (Å²) in [5, 5.41) is 8.17. The Morgan fingerprint density at radius 3 is 2.59 bits per heavy atom. The summed E-state index contributed by atoms with van der Waals surface area (Å²) in [4.78, 5) is 31.5. The van der Waals surface area contributed by atoms with Crippen molar-refractivity contribution >= 4 is 28.9 Å². The summed E-state index contributed by atoms with van der Waals surface area (Å²) in [5.74, 6) is -0.434. The molecule has 0 spiro atoms. The number of hydrogen-bond acceptors (Lipinski definition) is 6. The van der Waals surface area contributed by atoms with Gasteiger partial charge in [0.15, 0.2) is 0 Å². The topological polar surface area (TPSA) is 65.5 Å². The van der Waals surface area contributed by atoms with Crippen LogP contribution in [0.2, 0.25) is 0 Å². The maximum absolute atomic E-state index is 13.5. The molecule has 7 nitrogen and oxygen atoms in total. The van der Waals surface area contributed by atoms with Crippen molar-refractivity contribution in [3.8, 4) is 0 Å². The van der Waals surface area contributed by atoms with Crippen molar-refractivity contribution in [3.63, 3.8) is 0 Å². The van der Waals surface area contributed by atoms with E-state index in [2.05, 4.69) is 10.0 Å². The van der Waals surface area contributed by atoms with Gasteiger partial charge in [0, 0.05) is 38.5 Å². The molecule has 0 bridgehead atoms. The molecule has 1 saturated heterocycles. The Hall–Kier alpha value is -2.62. The highest BCUT2D eigenvalue weighted by atomic mass is 32.1. The highest BCUT2D eigenvalue weighted by Crippen LogP contribution is 2.35. The Bertz CT molecular complexity index is 1030. The van der Waals surface area contributed by atoms with Crippen LogP contribution >= 0.6 is 11.3 Å². The molecule has 1 aliphatic carbocycles. The van der Waals surface area contributed by atoms with E-state index in [1.807, 2.05) is 17.5 Å². The Labute approximate surface area is 202 Å². The van der Waals surface area contributed by atoms with Crippen LogP contribution in [0.1, 0.15) is 35.7 Å². The van der Waals surface area contributed by atoms with Crippen LogP contribution in [-0.4, -0.2) is 78.3 Å². The molecule has 1 saturated carbocycles. The Morgan fingerprint density at radius 1 is 1.15 bits per heavy atom. The third-order valence-electron chi connectivity index (χ3n) is 6.58. The molecule has 2 amide bonds. The number of morpholine rings is 1. The van der Waals surface area contributed by atoms with Crippen LogP contribution in [0, 0.1) is 11.7 Å². The lowest BCUT2D eigenvalue weighted by atomic mass is 10.0. The van der Waals surface area contributed by atoms with E-state index in [-0.39, 0.29) is 36.1 Å². The second kappa shape index (κ2) is 10.3. The molecule has 2 aliphatic heterocycles. The van der Waals surface area contributed by atoms with E-state index in [0.29, 0.717) is 26.2 Å². The third-order valence-corrected chi connectivity index (χ3v) is 7.50. The van der Waals surface area contributed by atoms with Gasteiger partial charge in [0.25, 0.3) is 5.91 Å². The van der Waals surface area contributed by atoms with Crippen molar-refractivity contribution in [2.24, 2.45) is 11.0 Å². The number of hydrogen-bond donors (Lipinski definition) is 0. The summed E-state index contributed by atoms with van der Waals surface area (Å²) in [5.41, 5.74) is 1.67. The van der Waals surface area contributed by atoms with Crippen molar-refractivity contribution in [1.82, 2.24) is 14.8 Å². The number of ether oxygens (including phenoxy) is 1. The molecule has 2 aromatic rings. The van der Waals surface area contributed by atoms with Gasteiger partial charge >= 0.3 is 0 Å². The Morgan fingerprint density at radius 2 is 1.91 bits per heavy atom. The normalized spacial score (nSPS) is 20.9. The molecule has 1 aromatic heterocycles. The predicted molar refractivity (Wildman–Crippen MR) is 128 cm³/mol.